The van der Waals surface area contributed by atoms with Crippen molar-refractivity contribution in [1.29, 1.82) is 0 Å². The number of Topliss-reactive ketones (excluding diaryl/α,β-unsaturated/α-hetero) is 1. The minimum absolute atomic E-state index is 0.00187. The number of methoxy groups -OCH3 is 3. The third-order valence-corrected chi connectivity index (χ3v) is 21.2. The standard InChI is InChI=1S/C96H103NO24/c1-64(98)43-52-81(100)119-85-79(63-115-95-89(114-59-69-36-20-9-21-37-69)87(112-58-68-34-18-8-19-35-68)83(110-56-66-30-14-6-15-31-66)77(117-95)61-107-54-65-28-12-5-13-29-65)118-96(90(120-93(103)72-38-22-10-23-39-72)88(85)113-60-71-46-50-74(105-3)51-47-71)121-84-78(62-108-55-70-44-48-73(104-2)49-45-70)116-94(109-53-27-11-24-42-80(99)106-4)82(86(84)111-57-67-32-16-7-17-33-67)97-91(101)75-40-25-26-41-76(75)92(97)102/h5-10,12-23,25-26,28-41,44-51,77-79,82-90,94-96H,11,24,27,42-43,52-63H2,1-4H3/t77-,78-,79-,82-,83+,84-,85+,86-,87+,88+,89-,90-,94-,95+,96+/m1/s1. The summed E-state index contributed by atoms with van der Waals surface area (Å²) in [6.07, 6.45) is -18.8. The number of ketones is 1. The molecule has 0 saturated carbocycles. The number of imide groups is 1. The van der Waals surface area contributed by atoms with Crippen molar-refractivity contribution >= 4 is 35.5 Å². The first kappa shape index (κ1) is 88.1. The number of esters is 3. The molecular formula is C96H103NO24. The molecule has 13 rings (SSSR count). The average molecular weight is 1650 g/mol. The molecule has 0 spiro atoms. The van der Waals surface area contributed by atoms with Gasteiger partial charge in [-0.2, -0.15) is 0 Å². The van der Waals surface area contributed by atoms with E-state index in [1.54, 1.807) is 98.1 Å². The van der Waals surface area contributed by atoms with Gasteiger partial charge >= 0.3 is 17.9 Å². The van der Waals surface area contributed by atoms with Crippen LogP contribution in [0.3, 0.4) is 0 Å². The Balaban J connectivity index is 0.959. The van der Waals surface area contributed by atoms with Crippen LogP contribution in [0.5, 0.6) is 11.5 Å². The first-order chi connectivity index (χ1) is 59.3. The van der Waals surface area contributed by atoms with Gasteiger partial charge in [0.05, 0.1) is 111 Å². The molecule has 4 aliphatic heterocycles. The predicted molar refractivity (Wildman–Crippen MR) is 440 cm³/mol. The van der Waals surface area contributed by atoms with E-state index in [0.717, 1.165) is 32.7 Å². The summed E-state index contributed by atoms with van der Waals surface area (Å²) in [5, 5.41) is 0. The number of carbonyl (C=O) groups is 6. The van der Waals surface area contributed by atoms with Crippen molar-refractivity contribution in [2.75, 3.05) is 47.8 Å². The van der Waals surface area contributed by atoms with Gasteiger partial charge in [0, 0.05) is 19.4 Å². The highest BCUT2D eigenvalue weighted by atomic mass is 16.8. The van der Waals surface area contributed by atoms with E-state index in [0.29, 0.717) is 41.9 Å². The summed E-state index contributed by atoms with van der Waals surface area (Å²) >= 11 is 0. The topological polar surface area (TPSA) is 272 Å². The van der Waals surface area contributed by atoms with Crippen molar-refractivity contribution in [3.05, 3.63) is 310 Å². The molecule has 0 aliphatic carbocycles. The number of rotatable bonds is 44. The second-order valence-corrected chi connectivity index (χ2v) is 29.8. The molecule has 3 saturated heterocycles. The van der Waals surface area contributed by atoms with Gasteiger partial charge in [0.1, 0.15) is 78.3 Å². The fraction of sp³-hybridized carbons (Fsp3) is 0.375. The molecule has 9 aromatic rings. The zero-order valence-corrected chi connectivity index (χ0v) is 68.2. The van der Waals surface area contributed by atoms with Gasteiger partial charge < -0.3 is 90.1 Å². The molecule has 0 radical (unpaired) electrons. The fourth-order valence-electron chi connectivity index (χ4n) is 14.9. The van der Waals surface area contributed by atoms with Gasteiger partial charge in [-0.05, 0) is 107 Å². The molecule has 121 heavy (non-hydrogen) atoms. The lowest BCUT2D eigenvalue weighted by molar-refractivity contribution is -0.368. The van der Waals surface area contributed by atoms with E-state index < -0.39 is 129 Å². The first-order valence-corrected chi connectivity index (χ1v) is 40.8. The minimum Gasteiger partial charge on any atom is -0.497 e. The molecule has 0 N–H and O–H groups in total. The second kappa shape index (κ2) is 45.2. The number of unbranched alkanes of at least 4 members (excludes halogenated alkanes) is 2. The van der Waals surface area contributed by atoms with E-state index in [1.165, 1.54) is 21.1 Å². The number of nitrogens with zero attached hydrogens (tertiary/aromatic N) is 1. The number of amides is 2. The SMILES string of the molecule is COC(=O)CCCCCO[C@@H]1O[C@H](COCc2ccc(OC)cc2)[C@@H](O[C@@H]2O[C@H](CO[C@H]3O[C@H](COCc4ccccc4)[C@H](OCc4ccccc4)[C@H](OCc4ccccc4)[C@H]3OCc3ccccc3)[C@H](OC(=O)CCC(C)=O)[C@H](OCc3ccc(OC)cc3)[C@H]2OC(=O)c2ccccc2)[C@H](OCc2ccccc2)[C@H]1N1C(=O)c2ccccc2C1=O. The Morgan fingerprint density at radius 3 is 1.25 bits per heavy atom. The van der Waals surface area contributed by atoms with Crippen molar-refractivity contribution < 1.29 is 114 Å². The summed E-state index contributed by atoms with van der Waals surface area (Å²) in [6.45, 7) is 0.445. The summed E-state index contributed by atoms with van der Waals surface area (Å²) in [4.78, 5) is 87.6. The quantitative estimate of drug-likeness (QED) is 0.0148. The van der Waals surface area contributed by atoms with Crippen molar-refractivity contribution in [1.82, 2.24) is 4.90 Å². The maximum Gasteiger partial charge on any atom is 0.338 e. The summed E-state index contributed by atoms with van der Waals surface area (Å²) in [7, 11) is 4.43. The summed E-state index contributed by atoms with van der Waals surface area (Å²) in [5.41, 5.74) is 5.73. The van der Waals surface area contributed by atoms with E-state index in [1.807, 2.05) is 164 Å². The van der Waals surface area contributed by atoms with Gasteiger partial charge in [0.15, 0.2) is 31.1 Å². The van der Waals surface area contributed by atoms with Crippen LogP contribution in [0.4, 0.5) is 0 Å². The molecule has 25 nitrogen and oxygen atoms in total. The molecule has 2 amide bonds. The molecule has 15 atom stereocenters. The van der Waals surface area contributed by atoms with E-state index in [2.05, 4.69) is 0 Å². The molecule has 9 aromatic carbocycles. The highest BCUT2D eigenvalue weighted by Gasteiger charge is 2.60. The maximum atomic E-state index is 15.5. The molecule has 636 valence electrons. The molecule has 25 heteroatoms. The van der Waals surface area contributed by atoms with Crippen molar-refractivity contribution in [3.8, 4) is 11.5 Å². The smallest absolute Gasteiger partial charge is 0.338 e. The zero-order valence-electron chi connectivity index (χ0n) is 68.2. The Kier molecular flexibility index (Phi) is 32.9. The highest BCUT2D eigenvalue weighted by molar-refractivity contribution is 6.21. The largest absolute Gasteiger partial charge is 0.497 e. The van der Waals surface area contributed by atoms with E-state index >= 15 is 14.4 Å². The normalized spacial score (nSPS) is 23.2. The zero-order chi connectivity index (χ0) is 84.1. The number of benzene rings is 9. The highest BCUT2D eigenvalue weighted by Crippen LogP contribution is 2.41. The van der Waals surface area contributed by atoms with Gasteiger partial charge in [0.25, 0.3) is 11.8 Å². The van der Waals surface area contributed by atoms with Crippen LogP contribution in [0.2, 0.25) is 0 Å². The van der Waals surface area contributed by atoms with Crippen LogP contribution < -0.4 is 9.47 Å². The van der Waals surface area contributed by atoms with Crippen LogP contribution in [-0.2, 0) is 136 Å². The molecule has 0 unspecified atom stereocenters. The number of ether oxygens (including phenoxy) is 18. The lowest BCUT2D eigenvalue weighted by Crippen LogP contribution is -2.69. The predicted octanol–water partition coefficient (Wildman–Crippen LogP) is 13.9. The Hall–Kier alpha value is -10.7. The molecule has 4 aliphatic rings. The third-order valence-electron chi connectivity index (χ3n) is 21.2. The van der Waals surface area contributed by atoms with Gasteiger partial charge in [-0.1, -0.05) is 213 Å². The summed E-state index contributed by atoms with van der Waals surface area (Å²) < 4.78 is 123. The molecule has 4 heterocycles. The van der Waals surface area contributed by atoms with Crippen LogP contribution >= 0.6 is 0 Å². The molecule has 0 bridgehead atoms. The Morgan fingerprint density at radius 1 is 0.339 bits per heavy atom. The van der Waals surface area contributed by atoms with Crippen molar-refractivity contribution in [3.63, 3.8) is 0 Å². The van der Waals surface area contributed by atoms with Gasteiger partial charge in [-0.3, -0.25) is 24.1 Å². The number of fused-ring (bicyclic) bond motifs is 1. The summed E-state index contributed by atoms with van der Waals surface area (Å²) in [5.74, 6) is -2.65. The summed E-state index contributed by atoms with van der Waals surface area (Å²) in [6, 6.07) is 75.3. The minimum atomic E-state index is -1.89. The van der Waals surface area contributed by atoms with Crippen LogP contribution in [0.15, 0.2) is 255 Å². The van der Waals surface area contributed by atoms with Gasteiger partial charge in [-0.25, -0.2) is 4.79 Å². The third kappa shape index (κ3) is 24.6. The van der Waals surface area contributed by atoms with Gasteiger partial charge in [0.2, 0.25) is 0 Å². The lowest BCUT2D eigenvalue weighted by atomic mass is 9.93. The fourth-order valence-corrected chi connectivity index (χ4v) is 14.9. The van der Waals surface area contributed by atoms with Crippen LogP contribution in [-0.4, -0.2) is 180 Å². The second-order valence-electron chi connectivity index (χ2n) is 29.8. The number of carbonyl (C=O) groups excluding carboxylic acids is 6. The molecule has 0 aromatic heterocycles. The first-order valence-electron chi connectivity index (χ1n) is 40.8. The molecule has 3 fully saturated rings. The van der Waals surface area contributed by atoms with Crippen LogP contribution in [0.1, 0.15) is 115 Å². The van der Waals surface area contributed by atoms with Crippen molar-refractivity contribution in [2.24, 2.45) is 0 Å². The van der Waals surface area contributed by atoms with Crippen LogP contribution in [0, 0.1) is 0 Å². The Bertz CT molecular complexity index is 4660. The Morgan fingerprint density at radius 2 is 0.752 bits per heavy atom. The van der Waals surface area contributed by atoms with E-state index in [4.69, 9.17) is 85.3 Å². The van der Waals surface area contributed by atoms with Gasteiger partial charge in [-0.15, -0.1) is 0 Å². The van der Waals surface area contributed by atoms with E-state index in [-0.39, 0.29) is 107 Å². The van der Waals surface area contributed by atoms with E-state index in [9.17, 15) is 14.4 Å². The average Bonchev–Trinajstić information content (AvgIpc) is 1.72. The molecular weight excluding hydrogens is 1550 g/mol. The monoisotopic (exact) mass is 1650 g/mol. The maximum absolute atomic E-state index is 15.5. The van der Waals surface area contributed by atoms with Crippen molar-refractivity contribution in [2.45, 2.75) is 184 Å². The number of hydrogen-bond donors (Lipinski definition) is 0. The van der Waals surface area contributed by atoms with Crippen LogP contribution in [0.25, 0.3) is 0 Å². The Labute approximate surface area is 704 Å². The lowest BCUT2D eigenvalue weighted by Gasteiger charge is -2.51. The number of hydrogen-bond acceptors (Lipinski definition) is 24.